The van der Waals surface area contributed by atoms with Crippen LogP contribution < -0.4 is 14.4 Å². The largest absolute Gasteiger partial charge is 0.489 e. The van der Waals surface area contributed by atoms with Crippen LogP contribution in [-0.2, 0) is 28.0 Å². The van der Waals surface area contributed by atoms with Crippen LogP contribution in [-0.4, -0.2) is 20.9 Å². The smallest absolute Gasteiger partial charge is 0.264 e. The Morgan fingerprint density at radius 1 is 0.865 bits per heavy atom. The number of nitrogens with zero attached hydrogens (tertiary/aromatic N) is 1. The molecule has 1 N–H and O–H groups in total. The maximum absolute atomic E-state index is 13.4. The summed E-state index contributed by atoms with van der Waals surface area (Å²) in [6.07, 6.45) is 0. The molecule has 0 atom stereocenters. The minimum atomic E-state index is -3.95. The van der Waals surface area contributed by atoms with Gasteiger partial charge in [-0.3, -0.25) is 9.10 Å². The maximum atomic E-state index is 13.4. The predicted octanol–water partition coefficient (Wildman–Crippen LogP) is 5.22. The summed E-state index contributed by atoms with van der Waals surface area (Å²) in [6, 6.07) is 28.4. The lowest BCUT2D eigenvalue weighted by molar-refractivity contribution is -0.119. The zero-order valence-corrected chi connectivity index (χ0v) is 21.1. The molecule has 0 radical (unpaired) electrons. The van der Waals surface area contributed by atoms with E-state index in [4.69, 9.17) is 4.74 Å². The van der Waals surface area contributed by atoms with Gasteiger partial charge in [-0.2, -0.15) is 0 Å². The Morgan fingerprint density at radius 3 is 2.22 bits per heavy atom. The minimum Gasteiger partial charge on any atom is -0.489 e. The van der Waals surface area contributed by atoms with Crippen LogP contribution in [0.5, 0.6) is 5.75 Å². The summed E-state index contributed by atoms with van der Waals surface area (Å²) >= 11 is 0. The molecule has 0 saturated carbocycles. The number of nitrogens with one attached hydrogen (secondary N) is 1. The minimum absolute atomic E-state index is 0.112. The van der Waals surface area contributed by atoms with Crippen molar-refractivity contribution >= 4 is 21.6 Å². The second-order valence-corrected chi connectivity index (χ2v) is 10.4. The molecule has 0 saturated heterocycles. The first-order valence-corrected chi connectivity index (χ1v) is 13.1. The number of ether oxygens (including phenoxy) is 1. The zero-order chi connectivity index (χ0) is 26.3. The SMILES string of the molecule is Cc1cccc(N(CC(=O)NCc2ccc(OCc3ccc(F)cc3)cc2)S(=O)(=O)c2ccccc2)c1. The molecule has 0 bridgehead atoms. The second-order valence-electron chi connectivity index (χ2n) is 8.50. The van der Waals surface area contributed by atoms with Gasteiger partial charge in [0.25, 0.3) is 10.0 Å². The van der Waals surface area contributed by atoms with Gasteiger partial charge in [-0.25, -0.2) is 12.8 Å². The summed E-state index contributed by atoms with van der Waals surface area (Å²) < 4.78 is 46.6. The highest BCUT2D eigenvalue weighted by Gasteiger charge is 2.27. The number of sulfonamides is 1. The summed E-state index contributed by atoms with van der Waals surface area (Å²) in [7, 11) is -3.95. The van der Waals surface area contributed by atoms with Crippen molar-refractivity contribution in [3.63, 3.8) is 0 Å². The van der Waals surface area contributed by atoms with Gasteiger partial charge in [0.05, 0.1) is 10.6 Å². The molecule has 4 aromatic carbocycles. The molecule has 37 heavy (non-hydrogen) atoms. The summed E-state index contributed by atoms with van der Waals surface area (Å²) in [5, 5.41) is 2.80. The van der Waals surface area contributed by atoms with Gasteiger partial charge in [-0.05, 0) is 72.1 Å². The van der Waals surface area contributed by atoms with Crippen molar-refractivity contribution < 1.29 is 22.3 Å². The molecule has 0 heterocycles. The Labute approximate surface area is 216 Å². The number of hydrogen-bond acceptors (Lipinski definition) is 4. The van der Waals surface area contributed by atoms with E-state index in [2.05, 4.69) is 5.32 Å². The average molecular weight is 519 g/mol. The number of rotatable bonds is 10. The molecule has 0 aromatic heterocycles. The lowest BCUT2D eigenvalue weighted by Crippen LogP contribution is -2.40. The molecule has 190 valence electrons. The fraction of sp³-hybridized carbons (Fsp3) is 0.138. The molecule has 8 heteroatoms. The topological polar surface area (TPSA) is 75.7 Å². The molecular weight excluding hydrogens is 491 g/mol. The Morgan fingerprint density at radius 2 is 1.54 bits per heavy atom. The van der Waals surface area contributed by atoms with Gasteiger partial charge in [0.15, 0.2) is 0 Å². The first kappa shape index (κ1) is 25.9. The van der Waals surface area contributed by atoms with E-state index in [0.717, 1.165) is 21.0 Å². The molecule has 6 nitrogen and oxygen atoms in total. The van der Waals surface area contributed by atoms with Gasteiger partial charge in [0.1, 0.15) is 24.7 Å². The number of amides is 1. The third kappa shape index (κ3) is 6.95. The van der Waals surface area contributed by atoms with Gasteiger partial charge in [0.2, 0.25) is 5.91 Å². The van der Waals surface area contributed by atoms with Crippen LogP contribution in [0.2, 0.25) is 0 Å². The highest BCUT2D eigenvalue weighted by Crippen LogP contribution is 2.24. The van der Waals surface area contributed by atoms with Crippen LogP contribution in [0.15, 0.2) is 108 Å². The van der Waals surface area contributed by atoms with E-state index in [1.807, 2.05) is 25.1 Å². The van der Waals surface area contributed by atoms with Crippen LogP contribution >= 0.6 is 0 Å². The molecule has 0 aliphatic carbocycles. The van der Waals surface area contributed by atoms with Crippen molar-refractivity contribution in [3.05, 3.63) is 126 Å². The average Bonchev–Trinajstić information content (AvgIpc) is 2.91. The van der Waals surface area contributed by atoms with Gasteiger partial charge < -0.3 is 10.1 Å². The number of anilines is 1. The lowest BCUT2D eigenvalue weighted by Gasteiger charge is -2.24. The quantitative estimate of drug-likeness (QED) is 0.312. The van der Waals surface area contributed by atoms with Crippen LogP contribution in [0, 0.1) is 12.7 Å². The molecule has 4 aromatic rings. The van der Waals surface area contributed by atoms with E-state index >= 15 is 0 Å². The number of benzene rings is 4. The van der Waals surface area contributed by atoms with Crippen LogP contribution in [0.1, 0.15) is 16.7 Å². The summed E-state index contributed by atoms with van der Waals surface area (Å²) in [4.78, 5) is 13.0. The number of hydrogen-bond donors (Lipinski definition) is 1. The molecule has 0 fully saturated rings. The van der Waals surface area contributed by atoms with Gasteiger partial charge in [-0.15, -0.1) is 0 Å². The molecule has 0 spiro atoms. The molecule has 0 unspecified atom stereocenters. The van der Waals surface area contributed by atoms with E-state index in [1.165, 1.54) is 24.3 Å². The molecule has 0 aliphatic rings. The summed E-state index contributed by atoms with van der Waals surface area (Å²) in [5.41, 5.74) is 2.98. The van der Waals surface area contributed by atoms with Gasteiger partial charge >= 0.3 is 0 Å². The molecule has 4 rings (SSSR count). The molecule has 1 amide bonds. The van der Waals surface area contributed by atoms with E-state index in [1.54, 1.807) is 60.7 Å². The Hall–Kier alpha value is -4.17. The Kier molecular flexibility index (Phi) is 8.20. The van der Waals surface area contributed by atoms with E-state index < -0.39 is 15.9 Å². The van der Waals surface area contributed by atoms with Crippen molar-refractivity contribution in [2.75, 3.05) is 10.8 Å². The monoisotopic (exact) mass is 518 g/mol. The number of carbonyl (C=O) groups is 1. The van der Waals surface area contributed by atoms with Crippen molar-refractivity contribution in [3.8, 4) is 5.75 Å². The fourth-order valence-electron chi connectivity index (χ4n) is 3.66. The van der Waals surface area contributed by atoms with Crippen molar-refractivity contribution in [2.45, 2.75) is 25.0 Å². The second kappa shape index (κ2) is 11.7. The Balaban J connectivity index is 1.39. The first-order valence-electron chi connectivity index (χ1n) is 11.7. The fourth-order valence-corrected chi connectivity index (χ4v) is 5.09. The summed E-state index contributed by atoms with van der Waals surface area (Å²) in [5.74, 6) is -0.0913. The first-order chi connectivity index (χ1) is 17.8. The van der Waals surface area contributed by atoms with Crippen molar-refractivity contribution in [1.82, 2.24) is 5.32 Å². The van der Waals surface area contributed by atoms with Crippen LogP contribution in [0.3, 0.4) is 0 Å². The highest BCUT2D eigenvalue weighted by molar-refractivity contribution is 7.92. The normalized spacial score (nSPS) is 11.1. The zero-order valence-electron chi connectivity index (χ0n) is 20.3. The third-order valence-corrected chi connectivity index (χ3v) is 7.43. The van der Waals surface area contributed by atoms with Crippen molar-refractivity contribution in [2.24, 2.45) is 0 Å². The molecule has 0 aliphatic heterocycles. The lowest BCUT2D eigenvalue weighted by atomic mass is 10.2. The van der Waals surface area contributed by atoms with Crippen LogP contribution in [0.4, 0.5) is 10.1 Å². The number of halogens is 1. The number of carbonyl (C=O) groups excluding carboxylic acids is 1. The third-order valence-electron chi connectivity index (χ3n) is 5.64. The maximum Gasteiger partial charge on any atom is 0.264 e. The Bertz CT molecular complexity index is 1440. The highest BCUT2D eigenvalue weighted by atomic mass is 32.2. The van der Waals surface area contributed by atoms with Crippen molar-refractivity contribution in [1.29, 1.82) is 0 Å². The summed E-state index contributed by atoms with van der Waals surface area (Å²) in [6.45, 7) is 2.04. The molecular formula is C29H27FN2O4S. The van der Waals surface area contributed by atoms with Gasteiger partial charge in [-0.1, -0.05) is 54.6 Å². The van der Waals surface area contributed by atoms with E-state index in [9.17, 15) is 17.6 Å². The van der Waals surface area contributed by atoms with Crippen LogP contribution in [0.25, 0.3) is 0 Å². The number of aryl methyl sites for hydroxylation is 1. The van der Waals surface area contributed by atoms with E-state index in [-0.39, 0.29) is 23.8 Å². The van der Waals surface area contributed by atoms with E-state index in [0.29, 0.717) is 18.0 Å². The standard InChI is InChI=1S/C29H27FN2O4S/c1-22-6-5-7-26(18-22)32(37(34,35)28-8-3-2-4-9-28)20-29(33)31-19-23-12-16-27(17-13-23)36-21-24-10-14-25(30)15-11-24/h2-18H,19-21H2,1H3,(H,31,33). The van der Waals surface area contributed by atoms with Gasteiger partial charge in [0, 0.05) is 6.54 Å². The predicted molar refractivity (Wildman–Crippen MR) is 141 cm³/mol.